The van der Waals surface area contributed by atoms with Gasteiger partial charge in [0, 0.05) is 23.0 Å². The zero-order valence-electron chi connectivity index (χ0n) is 14.6. The molecule has 0 radical (unpaired) electrons. The van der Waals surface area contributed by atoms with Gasteiger partial charge in [-0.05, 0) is 42.0 Å². The van der Waals surface area contributed by atoms with Crippen LogP contribution in [0.1, 0.15) is 11.1 Å². The van der Waals surface area contributed by atoms with E-state index in [2.05, 4.69) is 59.2 Å². The summed E-state index contributed by atoms with van der Waals surface area (Å²) in [5.41, 5.74) is 4.35. The van der Waals surface area contributed by atoms with Crippen LogP contribution in [0.25, 0.3) is 6.08 Å². The van der Waals surface area contributed by atoms with E-state index in [9.17, 15) is 0 Å². The largest absolute Gasteiger partial charge is 0.454 e. The van der Waals surface area contributed by atoms with Gasteiger partial charge in [-0.3, -0.25) is 0 Å². The van der Waals surface area contributed by atoms with Crippen LogP contribution in [-0.2, 0) is 0 Å². The van der Waals surface area contributed by atoms with E-state index in [0.29, 0.717) is 0 Å². The molecule has 0 aromatic heterocycles. The van der Waals surface area contributed by atoms with Gasteiger partial charge >= 0.3 is 0 Å². The number of ether oxygens (including phenoxy) is 2. The van der Waals surface area contributed by atoms with Gasteiger partial charge in [-0.25, -0.2) is 0 Å². The Kier molecular flexibility index (Phi) is 3.81. The molecule has 2 heterocycles. The first-order chi connectivity index (χ1) is 13.4. The number of para-hydroxylation sites is 1. The third kappa shape index (κ3) is 2.92. The van der Waals surface area contributed by atoms with E-state index in [0.717, 1.165) is 28.4 Å². The molecule has 3 aromatic rings. The molecule has 0 spiro atoms. The Morgan fingerprint density at radius 3 is 2.59 bits per heavy atom. The van der Waals surface area contributed by atoms with E-state index in [-0.39, 0.29) is 12.8 Å². The van der Waals surface area contributed by atoms with Crippen LogP contribution in [0.4, 0.5) is 11.4 Å². The van der Waals surface area contributed by atoms with Crippen molar-refractivity contribution < 1.29 is 9.47 Å². The Balaban J connectivity index is 1.59. The maximum absolute atomic E-state index is 5.58. The zero-order valence-corrected chi connectivity index (χ0v) is 14.6. The number of benzene rings is 3. The lowest BCUT2D eigenvalue weighted by Crippen LogP contribution is -2.30. The SMILES string of the molecule is C(#CC1C=Cc2ccccc2N1c1ccc2c(c1)OCO2)c1ccccc1. The van der Waals surface area contributed by atoms with Crippen molar-refractivity contribution in [1.82, 2.24) is 0 Å². The molecule has 0 N–H and O–H groups in total. The van der Waals surface area contributed by atoms with E-state index in [1.165, 1.54) is 5.56 Å². The highest BCUT2D eigenvalue weighted by molar-refractivity contribution is 5.80. The maximum atomic E-state index is 5.58. The predicted octanol–water partition coefficient (Wildman–Crippen LogP) is 5.00. The van der Waals surface area contributed by atoms with Crippen LogP contribution >= 0.6 is 0 Å². The first-order valence-electron chi connectivity index (χ1n) is 8.91. The first-order valence-corrected chi connectivity index (χ1v) is 8.91. The molecule has 0 fully saturated rings. The van der Waals surface area contributed by atoms with Gasteiger partial charge in [-0.2, -0.15) is 0 Å². The topological polar surface area (TPSA) is 21.7 Å². The summed E-state index contributed by atoms with van der Waals surface area (Å²) in [6.07, 6.45) is 4.28. The van der Waals surface area contributed by atoms with Crippen molar-refractivity contribution in [2.45, 2.75) is 6.04 Å². The van der Waals surface area contributed by atoms with E-state index in [1.54, 1.807) is 0 Å². The molecule has 1 unspecified atom stereocenters. The zero-order chi connectivity index (χ0) is 18.1. The summed E-state index contributed by atoms with van der Waals surface area (Å²) in [4.78, 5) is 2.24. The number of hydrogen-bond acceptors (Lipinski definition) is 3. The van der Waals surface area contributed by atoms with Gasteiger partial charge < -0.3 is 14.4 Å². The van der Waals surface area contributed by atoms with Crippen molar-refractivity contribution in [2.24, 2.45) is 0 Å². The van der Waals surface area contributed by atoms with E-state index >= 15 is 0 Å². The Labute approximate surface area is 158 Å². The molecule has 0 bridgehead atoms. The molecule has 0 saturated heterocycles. The lowest BCUT2D eigenvalue weighted by molar-refractivity contribution is 0.174. The highest BCUT2D eigenvalue weighted by Gasteiger charge is 2.24. The van der Waals surface area contributed by atoms with Crippen LogP contribution in [0, 0.1) is 11.8 Å². The lowest BCUT2D eigenvalue weighted by Gasteiger charge is -2.33. The molecule has 0 saturated carbocycles. The second kappa shape index (κ2) is 6.59. The fraction of sp³-hybridized carbons (Fsp3) is 0.0833. The highest BCUT2D eigenvalue weighted by Crippen LogP contribution is 2.41. The molecule has 1 atom stereocenters. The third-order valence-corrected chi connectivity index (χ3v) is 4.71. The highest BCUT2D eigenvalue weighted by atomic mass is 16.7. The minimum Gasteiger partial charge on any atom is -0.454 e. The molecule has 3 nitrogen and oxygen atoms in total. The van der Waals surface area contributed by atoms with Gasteiger partial charge in [-0.1, -0.05) is 54.3 Å². The fourth-order valence-corrected chi connectivity index (χ4v) is 3.40. The number of rotatable bonds is 1. The summed E-state index contributed by atoms with van der Waals surface area (Å²) >= 11 is 0. The van der Waals surface area contributed by atoms with Crippen LogP contribution in [0.2, 0.25) is 0 Å². The van der Waals surface area contributed by atoms with Gasteiger partial charge in [0.1, 0.15) is 6.04 Å². The van der Waals surface area contributed by atoms with Crippen LogP contribution in [0.15, 0.2) is 78.9 Å². The molecule has 27 heavy (non-hydrogen) atoms. The van der Waals surface area contributed by atoms with E-state index in [4.69, 9.17) is 9.47 Å². The van der Waals surface area contributed by atoms with Gasteiger partial charge in [0.15, 0.2) is 11.5 Å². The van der Waals surface area contributed by atoms with Crippen LogP contribution < -0.4 is 14.4 Å². The number of hydrogen-bond donors (Lipinski definition) is 0. The molecular weight excluding hydrogens is 334 g/mol. The Bertz CT molecular complexity index is 1080. The molecule has 3 heteroatoms. The van der Waals surface area contributed by atoms with Crippen molar-refractivity contribution in [2.75, 3.05) is 11.7 Å². The summed E-state index contributed by atoms with van der Waals surface area (Å²) in [5.74, 6) is 8.27. The number of anilines is 2. The van der Waals surface area contributed by atoms with Crippen molar-refractivity contribution in [3.63, 3.8) is 0 Å². The van der Waals surface area contributed by atoms with Crippen molar-refractivity contribution >= 4 is 17.5 Å². The Morgan fingerprint density at radius 2 is 1.67 bits per heavy atom. The lowest BCUT2D eigenvalue weighted by atomic mass is 10.0. The molecule has 0 aliphatic carbocycles. The molecule has 2 aliphatic heterocycles. The summed E-state index contributed by atoms with van der Waals surface area (Å²) < 4.78 is 11.0. The Morgan fingerprint density at radius 1 is 0.852 bits per heavy atom. The second-order valence-corrected chi connectivity index (χ2v) is 6.41. The van der Waals surface area contributed by atoms with E-state index in [1.807, 2.05) is 42.5 Å². The van der Waals surface area contributed by atoms with Gasteiger partial charge in [0.25, 0.3) is 0 Å². The van der Waals surface area contributed by atoms with Crippen molar-refractivity contribution in [1.29, 1.82) is 0 Å². The minimum atomic E-state index is -0.0690. The number of fused-ring (bicyclic) bond motifs is 2. The average Bonchev–Trinajstić information content (AvgIpc) is 3.20. The standard InChI is InChI=1S/C24H17NO2/c1-2-6-18(7-3-1)10-12-20-13-11-19-8-4-5-9-22(19)25(20)21-14-15-23-24(16-21)27-17-26-23/h1-9,11,13-16,20H,17H2. The minimum absolute atomic E-state index is 0.0690. The number of nitrogens with zero attached hydrogens (tertiary/aromatic N) is 1. The summed E-state index contributed by atoms with van der Waals surface area (Å²) in [6, 6.07) is 24.4. The van der Waals surface area contributed by atoms with Gasteiger partial charge in [-0.15, -0.1) is 0 Å². The molecule has 5 rings (SSSR count). The molecular formula is C24H17NO2. The molecule has 3 aromatic carbocycles. The summed E-state index contributed by atoms with van der Waals surface area (Å²) in [6.45, 7) is 0.270. The quantitative estimate of drug-likeness (QED) is 0.576. The molecule has 130 valence electrons. The molecule has 2 aliphatic rings. The van der Waals surface area contributed by atoms with Crippen molar-refractivity contribution in [3.05, 3.63) is 90.0 Å². The van der Waals surface area contributed by atoms with Crippen LogP contribution in [-0.4, -0.2) is 12.8 Å². The van der Waals surface area contributed by atoms with Crippen molar-refractivity contribution in [3.8, 4) is 23.3 Å². The van der Waals surface area contributed by atoms with Crippen LogP contribution in [0.5, 0.6) is 11.5 Å². The maximum Gasteiger partial charge on any atom is 0.231 e. The van der Waals surface area contributed by atoms with Crippen LogP contribution in [0.3, 0.4) is 0 Å². The fourth-order valence-electron chi connectivity index (χ4n) is 3.40. The Hall–Kier alpha value is -3.64. The van der Waals surface area contributed by atoms with Gasteiger partial charge in [0.05, 0.1) is 0 Å². The van der Waals surface area contributed by atoms with E-state index < -0.39 is 0 Å². The summed E-state index contributed by atoms with van der Waals surface area (Å²) in [7, 11) is 0. The van der Waals surface area contributed by atoms with Gasteiger partial charge in [0.2, 0.25) is 6.79 Å². The summed E-state index contributed by atoms with van der Waals surface area (Å²) in [5, 5.41) is 0. The average molecular weight is 351 g/mol. The second-order valence-electron chi connectivity index (χ2n) is 6.41. The first kappa shape index (κ1) is 15.6. The smallest absolute Gasteiger partial charge is 0.231 e. The third-order valence-electron chi connectivity index (χ3n) is 4.71. The molecule has 0 amide bonds. The monoisotopic (exact) mass is 351 g/mol. The normalized spacial score (nSPS) is 16.4. The predicted molar refractivity (Wildman–Crippen MR) is 107 cm³/mol.